The number of para-hydroxylation sites is 1. The van der Waals surface area contributed by atoms with Gasteiger partial charge in [0.05, 0.1) is 10.7 Å². The highest BCUT2D eigenvalue weighted by Gasteiger charge is 2.19. The molecular weight excluding hydrogens is 198 g/mol. The van der Waals surface area contributed by atoms with Gasteiger partial charge >= 0.3 is 0 Å². The van der Waals surface area contributed by atoms with Gasteiger partial charge in [-0.05, 0) is 18.6 Å². The standard InChI is InChI=1S/C10H11NS2/c1-7-4-3-5-8-10(7)11(2)9(12)6-13-8/h3-5H,6H2,1-2H3. The van der Waals surface area contributed by atoms with Crippen LogP contribution in [0.2, 0.25) is 0 Å². The van der Waals surface area contributed by atoms with E-state index in [1.807, 2.05) is 18.8 Å². The number of hydrogen-bond acceptors (Lipinski definition) is 2. The highest BCUT2D eigenvalue weighted by Crippen LogP contribution is 2.36. The minimum Gasteiger partial charge on any atom is -0.337 e. The Morgan fingerprint density at radius 3 is 3.00 bits per heavy atom. The molecule has 1 heterocycles. The first-order valence-electron chi connectivity index (χ1n) is 4.19. The molecule has 1 nitrogen and oxygen atoms in total. The molecule has 0 spiro atoms. The molecule has 13 heavy (non-hydrogen) atoms. The van der Waals surface area contributed by atoms with Crippen LogP contribution in [0.5, 0.6) is 0 Å². The third-order valence-corrected chi connectivity index (χ3v) is 3.92. The van der Waals surface area contributed by atoms with E-state index in [2.05, 4.69) is 30.0 Å². The number of aryl methyl sites for hydroxylation is 1. The van der Waals surface area contributed by atoms with Gasteiger partial charge < -0.3 is 4.90 Å². The molecular formula is C10H11NS2. The number of nitrogens with zero attached hydrogens (tertiary/aromatic N) is 1. The van der Waals surface area contributed by atoms with Crippen LogP contribution in [0.1, 0.15) is 5.56 Å². The predicted molar refractivity (Wildman–Crippen MR) is 62.9 cm³/mol. The summed E-state index contributed by atoms with van der Waals surface area (Å²) in [4.78, 5) is 4.49. The molecule has 68 valence electrons. The fourth-order valence-electron chi connectivity index (χ4n) is 1.54. The Kier molecular flexibility index (Phi) is 2.30. The van der Waals surface area contributed by atoms with E-state index in [1.54, 1.807) is 0 Å². The Labute approximate surface area is 88.1 Å². The summed E-state index contributed by atoms with van der Waals surface area (Å²) in [5, 5.41) is 0. The maximum absolute atomic E-state index is 5.27. The quantitative estimate of drug-likeness (QED) is 0.605. The van der Waals surface area contributed by atoms with Crippen LogP contribution in [-0.4, -0.2) is 17.8 Å². The SMILES string of the molecule is Cc1cccc2c1N(C)C(=S)CS2. The van der Waals surface area contributed by atoms with E-state index < -0.39 is 0 Å². The molecule has 0 fully saturated rings. The second-order valence-electron chi connectivity index (χ2n) is 3.16. The van der Waals surface area contributed by atoms with Crippen LogP contribution < -0.4 is 4.90 Å². The highest BCUT2D eigenvalue weighted by atomic mass is 32.2. The summed E-state index contributed by atoms with van der Waals surface area (Å²) in [6, 6.07) is 6.39. The van der Waals surface area contributed by atoms with E-state index in [1.165, 1.54) is 16.1 Å². The van der Waals surface area contributed by atoms with Crippen LogP contribution >= 0.6 is 24.0 Å². The van der Waals surface area contributed by atoms with Crippen molar-refractivity contribution in [1.29, 1.82) is 0 Å². The molecule has 0 N–H and O–H groups in total. The van der Waals surface area contributed by atoms with E-state index in [-0.39, 0.29) is 0 Å². The maximum atomic E-state index is 5.27. The fourth-order valence-corrected chi connectivity index (χ4v) is 2.89. The van der Waals surface area contributed by atoms with Crippen molar-refractivity contribution in [2.75, 3.05) is 17.7 Å². The molecule has 1 aromatic rings. The van der Waals surface area contributed by atoms with Crippen LogP contribution in [0, 0.1) is 6.92 Å². The highest BCUT2D eigenvalue weighted by molar-refractivity contribution is 8.01. The second kappa shape index (κ2) is 3.31. The molecule has 0 saturated heterocycles. The van der Waals surface area contributed by atoms with Crippen molar-refractivity contribution in [2.24, 2.45) is 0 Å². The van der Waals surface area contributed by atoms with E-state index in [4.69, 9.17) is 12.2 Å². The van der Waals surface area contributed by atoms with Gasteiger partial charge in [0.2, 0.25) is 0 Å². The maximum Gasteiger partial charge on any atom is 0.0925 e. The zero-order valence-corrected chi connectivity index (χ0v) is 9.34. The number of thioether (sulfide) groups is 1. The number of thiocarbonyl (C=S) groups is 1. The van der Waals surface area contributed by atoms with Gasteiger partial charge in [0.25, 0.3) is 0 Å². The molecule has 0 bridgehead atoms. The number of hydrogen-bond donors (Lipinski definition) is 0. The van der Waals surface area contributed by atoms with Gasteiger partial charge in [0.1, 0.15) is 0 Å². The van der Waals surface area contributed by atoms with Gasteiger partial charge in [-0.25, -0.2) is 0 Å². The van der Waals surface area contributed by atoms with Crippen molar-refractivity contribution >= 4 is 34.7 Å². The number of benzene rings is 1. The Morgan fingerprint density at radius 1 is 1.46 bits per heavy atom. The first-order chi connectivity index (χ1) is 6.20. The average molecular weight is 209 g/mol. The molecule has 3 heteroatoms. The average Bonchev–Trinajstić information content (AvgIpc) is 2.12. The molecule has 0 aliphatic carbocycles. The lowest BCUT2D eigenvalue weighted by Crippen LogP contribution is -2.30. The van der Waals surface area contributed by atoms with Crippen LogP contribution in [0.15, 0.2) is 23.1 Å². The van der Waals surface area contributed by atoms with Gasteiger partial charge in [-0.3, -0.25) is 0 Å². The van der Waals surface area contributed by atoms with E-state index in [0.29, 0.717) is 0 Å². The van der Waals surface area contributed by atoms with Crippen molar-refractivity contribution in [3.63, 3.8) is 0 Å². The van der Waals surface area contributed by atoms with Crippen molar-refractivity contribution in [1.82, 2.24) is 0 Å². The minimum absolute atomic E-state index is 0.933. The number of anilines is 1. The normalized spacial score (nSPS) is 15.8. The summed E-state index contributed by atoms with van der Waals surface area (Å²) in [7, 11) is 2.05. The number of fused-ring (bicyclic) bond motifs is 1. The largest absolute Gasteiger partial charge is 0.337 e. The third-order valence-electron chi connectivity index (χ3n) is 2.26. The van der Waals surface area contributed by atoms with Gasteiger partial charge in [0.15, 0.2) is 0 Å². The lowest BCUT2D eigenvalue weighted by Gasteiger charge is -2.29. The summed E-state index contributed by atoms with van der Waals surface area (Å²) in [6.07, 6.45) is 0. The van der Waals surface area contributed by atoms with E-state index in [9.17, 15) is 0 Å². The van der Waals surface area contributed by atoms with Crippen LogP contribution in [0.3, 0.4) is 0 Å². The fraction of sp³-hybridized carbons (Fsp3) is 0.300. The molecule has 0 saturated carbocycles. The first kappa shape index (κ1) is 9.03. The van der Waals surface area contributed by atoms with Crippen molar-refractivity contribution in [3.8, 4) is 0 Å². The predicted octanol–water partition coefficient (Wildman–Crippen LogP) is 2.86. The summed E-state index contributed by atoms with van der Waals surface area (Å²) in [5.74, 6) is 0.933. The molecule has 0 aromatic heterocycles. The van der Waals surface area contributed by atoms with Gasteiger partial charge in [-0.1, -0.05) is 24.4 Å². The molecule has 2 rings (SSSR count). The third kappa shape index (κ3) is 1.46. The Morgan fingerprint density at radius 2 is 2.23 bits per heavy atom. The minimum atomic E-state index is 0.933. The Bertz CT molecular complexity index is 360. The van der Waals surface area contributed by atoms with E-state index >= 15 is 0 Å². The molecule has 0 atom stereocenters. The molecule has 1 aliphatic heterocycles. The van der Waals surface area contributed by atoms with E-state index in [0.717, 1.165) is 10.7 Å². The summed E-state index contributed by atoms with van der Waals surface area (Å²) >= 11 is 7.10. The Balaban J connectivity index is 2.57. The van der Waals surface area contributed by atoms with Crippen molar-refractivity contribution in [3.05, 3.63) is 23.8 Å². The topological polar surface area (TPSA) is 3.24 Å². The molecule has 1 aliphatic rings. The van der Waals surface area contributed by atoms with Crippen LogP contribution in [0.25, 0.3) is 0 Å². The lowest BCUT2D eigenvalue weighted by molar-refractivity contribution is 1.18. The number of rotatable bonds is 0. The van der Waals surface area contributed by atoms with Gasteiger partial charge in [-0.15, -0.1) is 11.8 Å². The zero-order chi connectivity index (χ0) is 9.42. The van der Waals surface area contributed by atoms with Crippen LogP contribution in [-0.2, 0) is 0 Å². The van der Waals surface area contributed by atoms with Gasteiger partial charge in [-0.2, -0.15) is 0 Å². The second-order valence-corrected chi connectivity index (χ2v) is 4.65. The summed E-state index contributed by atoms with van der Waals surface area (Å²) in [6.45, 7) is 2.13. The molecule has 1 aromatic carbocycles. The van der Waals surface area contributed by atoms with Crippen molar-refractivity contribution < 1.29 is 0 Å². The Hall–Kier alpha value is -0.540. The van der Waals surface area contributed by atoms with Gasteiger partial charge in [0, 0.05) is 17.7 Å². The smallest absolute Gasteiger partial charge is 0.0925 e. The summed E-state index contributed by atoms with van der Waals surface area (Å²) < 4.78 is 0. The monoisotopic (exact) mass is 209 g/mol. The molecule has 0 radical (unpaired) electrons. The molecule has 0 unspecified atom stereocenters. The first-order valence-corrected chi connectivity index (χ1v) is 5.58. The zero-order valence-electron chi connectivity index (χ0n) is 7.70. The molecule has 0 amide bonds. The summed E-state index contributed by atoms with van der Waals surface area (Å²) in [5.41, 5.74) is 2.58. The van der Waals surface area contributed by atoms with Crippen molar-refractivity contribution in [2.45, 2.75) is 11.8 Å². The van der Waals surface area contributed by atoms with Crippen LogP contribution in [0.4, 0.5) is 5.69 Å². The lowest BCUT2D eigenvalue weighted by atomic mass is 10.2.